The molecular weight excluding hydrogens is 260 g/mol. The summed E-state index contributed by atoms with van der Waals surface area (Å²) in [6, 6.07) is 6.91. The Balaban J connectivity index is 2.56. The molecule has 0 bridgehead atoms. The fraction of sp³-hybridized carbons (Fsp3) is 0.571. The fourth-order valence-electron chi connectivity index (χ4n) is 1.87. The SMILES string of the molecule is CNc1ccccc1S(=O)(=O)NCCCCC(C)C. The maximum atomic E-state index is 12.2. The van der Waals surface area contributed by atoms with Gasteiger partial charge in [0.05, 0.1) is 5.69 Å². The van der Waals surface area contributed by atoms with Crippen LogP contribution in [-0.2, 0) is 10.0 Å². The highest BCUT2D eigenvalue weighted by Crippen LogP contribution is 2.19. The van der Waals surface area contributed by atoms with Crippen LogP contribution >= 0.6 is 0 Å². The van der Waals surface area contributed by atoms with Crippen LogP contribution in [0.15, 0.2) is 29.2 Å². The first-order valence-corrected chi connectivity index (χ1v) is 8.22. The molecule has 0 radical (unpaired) electrons. The highest BCUT2D eigenvalue weighted by molar-refractivity contribution is 7.89. The molecule has 1 rings (SSSR count). The Labute approximate surface area is 116 Å². The zero-order valence-electron chi connectivity index (χ0n) is 11.9. The summed E-state index contributed by atoms with van der Waals surface area (Å²) in [6.45, 7) is 4.84. The summed E-state index contributed by atoms with van der Waals surface area (Å²) >= 11 is 0. The van der Waals surface area contributed by atoms with Crippen LogP contribution in [0.25, 0.3) is 0 Å². The summed E-state index contributed by atoms with van der Waals surface area (Å²) in [5.74, 6) is 0.668. The van der Waals surface area contributed by atoms with E-state index in [1.165, 1.54) is 0 Å². The first kappa shape index (κ1) is 16.0. The third-order valence-corrected chi connectivity index (χ3v) is 4.47. The van der Waals surface area contributed by atoms with Gasteiger partial charge in [0.2, 0.25) is 10.0 Å². The molecule has 19 heavy (non-hydrogen) atoms. The van der Waals surface area contributed by atoms with Crippen molar-refractivity contribution in [1.29, 1.82) is 0 Å². The van der Waals surface area contributed by atoms with E-state index in [2.05, 4.69) is 23.9 Å². The minimum absolute atomic E-state index is 0.307. The Bertz CT molecular complexity index is 484. The van der Waals surface area contributed by atoms with Crippen molar-refractivity contribution in [2.24, 2.45) is 5.92 Å². The third kappa shape index (κ3) is 5.20. The van der Waals surface area contributed by atoms with E-state index in [0.29, 0.717) is 23.0 Å². The van der Waals surface area contributed by atoms with Crippen LogP contribution < -0.4 is 10.0 Å². The van der Waals surface area contributed by atoms with Gasteiger partial charge in [0.25, 0.3) is 0 Å². The van der Waals surface area contributed by atoms with Gasteiger partial charge in [-0.3, -0.25) is 0 Å². The molecule has 0 aliphatic carbocycles. The molecule has 0 spiro atoms. The molecule has 0 aromatic heterocycles. The number of nitrogens with one attached hydrogen (secondary N) is 2. The van der Waals surface area contributed by atoms with Crippen molar-refractivity contribution >= 4 is 15.7 Å². The molecule has 0 fully saturated rings. The van der Waals surface area contributed by atoms with Crippen LogP contribution in [0.2, 0.25) is 0 Å². The number of rotatable bonds is 8. The molecule has 0 heterocycles. The average Bonchev–Trinajstić information content (AvgIpc) is 2.37. The lowest BCUT2D eigenvalue weighted by Crippen LogP contribution is -2.25. The molecule has 5 heteroatoms. The summed E-state index contributed by atoms with van der Waals surface area (Å²) in [4.78, 5) is 0.307. The lowest BCUT2D eigenvalue weighted by Gasteiger charge is -2.11. The number of para-hydroxylation sites is 1. The van der Waals surface area contributed by atoms with Gasteiger partial charge in [-0.25, -0.2) is 13.1 Å². The summed E-state index contributed by atoms with van der Waals surface area (Å²) in [7, 11) is -1.70. The Morgan fingerprint density at radius 2 is 1.84 bits per heavy atom. The normalized spacial score (nSPS) is 11.8. The molecule has 0 unspecified atom stereocenters. The van der Waals surface area contributed by atoms with Crippen molar-refractivity contribution in [1.82, 2.24) is 4.72 Å². The molecular formula is C14H24N2O2S. The lowest BCUT2D eigenvalue weighted by atomic mass is 10.1. The van der Waals surface area contributed by atoms with E-state index in [-0.39, 0.29) is 0 Å². The summed E-state index contributed by atoms with van der Waals surface area (Å²) in [5.41, 5.74) is 0.622. The topological polar surface area (TPSA) is 58.2 Å². The van der Waals surface area contributed by atoms with Crippen molar-refractivity contribution in [2.45, 2.75) is 38.0 Å². The highest BCUT2D eigenvalue weighted by atomic mass is 32.2. The number of anilines is 1. The third-order valence-electron chi connectivity index (χ3n) is 2.95. The highest BCUT2D eigenvalue weighted by Gasteiger charge is 2.16. The molecule has 0 saturated heterocycles. The minimum atomic E-state index is -3.42. The zero-order chi connectivity index (χ0) is 14.3. The zero-order valence-corrected chi connectivity index (χ0v) is 12.8. The van der Waals surface area contributed by atoms with Crippen LogP contribution in [0.3, 0.4) is 0 Å². The smallest absolute Gasteiger partial charge is 0.242 e. The summed E-state index contributed by atoms with van der Waals surface area (Å²) in [6.07, 6.45) is 3.06. The Morgan fingerprint density at radius 3 is 2.47 bits per heavy atom. The van der Waals surface area contributed by atoms with Gasteiger partial charge in [-0.2, -0.15) is 0 Å². The molecule has 108 valence electrons. The van der Waals surface area contributed by atoms with E-state index < -0.39 is 10.0 Å². The van der Waals surface area contributed by atoms with Crippen LogP contribution in [0, 0.1) is 5.92 Å². The summed E-state index contributed by atoms with van der Waals surface area (Å²) < 4.78 is 27.0. The van der Waals surface area contributed by atoms with Crippen molar-refractivity contribution < 1.29 is 8.42 Å². The van der Waals surface area contributed by atoms with Crippen molar-refractivity contribution in [3.63, 3.8) is 0 Å². The molecule has 0 saturated carbocycles. The molecule has 0 aliphatic rings. The van der Waals surface area contributed by atoms with Crippen LogP contribution in [0.5, 0.6) is 0 Å². The van der Waals surface area contributed by atoms with Gasteiger partial charge >= 0.3 is 0 Å². The number of unbranched alkanes of at least 4 members (excludes halogenated alkanes) is 1. The van der Waals surface area contributed by atoms with Gasteiger partial charge in [-0.15, -0.1) is 0 Å². The first-order chi connectivity index (χ1) is 8.97. The Morgan fingerprint density at radius 1 is 1.16 bits per heavy atom. The minimum Gasteiger partial charge on any atom is -0.387 e. The van der Waals surface area contributed by atoms with E-state index in [4.69, 9.17) is 0 Å². The Hall–Kier alpha value is -1.07. The quantitative estimate of drug-likeness (QED) is 0.722. The Kier molecular flexibility index (Phi) is 6.31. The maximum Gasteiger partial charge on any atom is 0.242 e. The second kappa shape index (κ2) is 7.50. The number of hydrogen-bond donors (Lipinski definition) is 2. The molecule has 1 aromatic carbocycles. The second-order valence-electron chi connectivity index (χ2n) is 5.03. The van der Waals surface area contributed by atoms with E-state index in [1.54, 1.807) is 25.2 Å². The lowest BCUT2D eigenvalue weighted by molar-refractivity contribution is 0.530. The first-order valence-electron chi connectivity index (χ1n) is 6.74. The number of benzene rings is 1. The van der Waals surface area contributed by atoms with E-state index in [1.807, 2.05) is 6.07 Å². The monoisotopic (exact) mass is 284 g/mol. The van der Waals surface area contributed by atoms with E-state index in [0.717, 1.165) is 19.3 Å². The van der Waals surface area contributed by atoms with Crippen LogP contribution in [0.1, 0.15) is 33.1 Å². The van der Waals surface area contributed by atoms with Gasteiger partial charge in [0, 0.05) is 13.6 Å². The molecule has 4 nitrogen and oxygen atoms in total. The second-order valence-corrected chi connectivity index (χ2v) is 6.77. The largest absolute Gasteiger partial charge is 0.387 e. The predicted octanol–water partition coefficient (Wildman–Crippen LogP) is 2.83. The number of hydrogen-bond acceptors (Lipinski definition) is 3. The van der Waals surface area contributed by atoms with Gasteiger partial charge in [-0.05, 0) is 24.5 Å². The summed E-state index contributed by atoms with van der Waals surface area (Å²) in [5, 5.41) is 2.90. The van der Waals surface area contributed by atoms with Crippen molar-refractivity contribution in [3.8, 4) is 0 Å². The van der Waals surface area contributed by atoms with Gasteiger partial charge in [0.15, 0.2) is 0 Å². The standard InChI is InChI=1S/C14H24N2O2S/c1-12(2)8-6-7-11-16-19(17,18)14-10-5-4-9-13(14)15-3/h4-5,9-10,12,15-16H,6-8,11H2,1-3H3. The molecule has 0 amide bonds. The molecule has 2 N–H and O–H groups in total. The van der Waals surface area contributed by atoms with Crippen molar-refractivity contribution in [3.05, 3.63) is 24.3 Å². The van der Waals surface area contributed by atoms with Crippen molar-refractivity contribution in [2.75, 3.05) is 18.9 Å². The maximum absolute atomic E-state index is 12.2. The molecule has 1 aromatic rings. The number of sulfonamides is 1. The van der Waals surface area contributed by atoms with E-state index >= 15 is 0 Å². The predicted molar refractivity (Wildman–Crippen MR) is 79.9 cm³/mol. The fourth-order valence-corrected chi connectivity index (χ4v) is 3.16. The van der Waals surface area contributed by atoms with Crippen LogP contribution in [0.4, 0.5) is 5.69 Å². The molecule has 0 aliphatic heterocycles. The molecule has 0 atom stereocenters. The average molecular weight is 284 g/mol. The van der Waals surface area contributed by atoms with Gasteiger partial charge < -0.3 is 5.32 Å². The van der Waals surface area contributed by atoms with Crippen LogP contribution in [-0.4, -0.2) is 22.0 Å². The van der Waals surface area contributed by atoms with Gasteiger partial charge in [0.1, 0.15) is 4.90 Å². The van der Waals surface area contributed by atoms with Gasteiger partial charge in [-0.1, -0.05) is 38.8 Å². The van der Waals surface area contributed by atoms with E-state index in [9.17, 15) is 8.42 Å².